The number of nitrogens with zero attached hydrogens (tertiary/aromatic N) is 3. The number of nitrogens with one attached hydrogen (secondary N) is 1. The Morgan fingerprint density at radius 1 is 1.26 bits per heavy atom. The minimum Gasteiger partial charge on any atom is -0.373 e. The van der Waals surface area contributed by atoms with Crippen molar-refractivity contribution in [2.45, 2.75) is 6.92 Å². The highest BCUT2D eigenvalue weighted by molar-refractivity contribution is 5.63. The highest BCUT2D eigenvalue weighted by Crippen LogP contribution is 2.25. The van der Waals surface area contributed by atoms with Crippen molar-refractivity contribution >= 4 is 23.3 Å². The molecule has 6 heteroatoms. The third-order valence-electron chi connectivity index (χ3n) is 2.72. The van der Waals surface area contributed by atoms with Crippen molar-refractivity contribution in [3.8, 4) is 0 Å². The number of rotatable bonds is 4. The summed E-state index contributed by atoms with van der Waals surface area (Å²) in [5, 5.41) is 2.93. The van der Waals surface area contributed by atoms with Gasteiger partial charge in [-0.2, -0.15) is 9.97 Å². The van der Waals surface area contributed by atoms with Gasteiger partial charge in [0.15, 0.2) is 0 Å². The number of hydrogen-bond donors (Lipinski definition) is 2. The first-order valence-corrected chi connectivity index (χ1v) is 5.99. The van der Waals surface area contributed by atoms with E-state index in [4.69, 9.17) is 5.73 Å². The molecule has 0 atom stereocenters. The van der Waals surface area contributed by atoms with Crippen LogP contribution in [0.25, 0.3) is 0 Å². The molecule has 0 unspecified atom stereocenters. The Kier molecular flexibility index (Phi) is 3.79. The van der Waals surface area contributed by atoms with Gasteiger partial charge in [0, 0.05) is 25.3 Å². The Morgan fingerprint density at radius 2 is 1.95 bits per heavy atom. The van der Waals surface area contributed by atoms with Gasteiger partial charge < -0.3 is 16.0 Å². The fraction of sp³-hybridized carbons (Fsp3) is 0.231. The average molecular weight is 261 g/mol. The second-order valence-corrected chi connectivity index (χ2v) is 3.94. The SMILES string of the molecule is CCN(c1ccc(F)cc1)c1cc(NC)nc(N)n1. The molecule has 2 rings (SSSR count). The van der Waals surface area contributed by atoms with Gasteiger partial charge in [0.2, 0.25) is 5.95 Å². The molecule has 1 aromatic carbocycles. The maximum atomic E-state index is 13.0. The number of nitrogen functional groups attached to an aromatic ring is 1. The van der Waals surface area contributed by atoms with Gasteiger partial charge in [0.05, 0.1) is 0 Å². The Labute approximate surface area is 111 Å². The summed E-state index contributed by atoms with van der Waals surface area (Å²) in [6, 6.07) is 8.04. The molecule has 1 aromatic heterocycles. The summed E-state index contributed by atoms with van der Waals surface area (Å²) in [6.45, 7) is 2.67. The minimum atomic E-state index is -0.266. The van der Waals surface area contributed by atoms with E-state index in [0.29, 0.717) is 18.2 Å². The molecule has 0 aliphatic rings. The zero-order valence-corrected chi connectivity index (χ0v) is 10.9. The number of nitrogens with two attached hydrogens (primary N) is 1. The molecule has 0 spiro atoms. The summed E-state index contributed by atoms with van der Waals surface area (Å²) in [5.41, 5.74) is 6.53. The van der Waals surface area contributed by atoms with Crippen LogP contribution < -0.4 is 16.0 Å². The lowest BCUT2D eigenvalue weighted by molar-refractivity contribution is 0.628. The van der Waals surface area contributed by atoms with Crippen LogP contribution in [0.3, 0.4) is 0 Å². The topological polar surface area (TPSA) is 67.1 Å². The molecular formula is C13H16FN5. The van der Waals surface area contributed by atoms with Crippen LogP contribution in [-0.2, 0) is 0 Å². The Bertz CT molecular complexity index is 555. The second kappa shape index (κ2) is 5.51. The fourth-order valence-corrected chi connectivity index (χ4v) is 1.82. The monoisotopic (exact) mass is 261 g/mol. The Hall–Kier alpha value is -2.37. The van der Waals surface area contributed by atoms with E-state index in [-0.39, 0.29) is 11.8 Å². The van der Waals surface area contributed by atoms with Crippen molar-refractivity contribution in [2.24, 2.45) is 0 Å². The maximum Gasteiger partial charge on any atom is 0.223 e. The van der Waals surface area contributed by atoms with Gasteiger partial charge in [-0.15, -0.1) is 0 Å². The normalized spacial score (nSPS) is 10.3. The molecule has 19 heavy (non-hydrogen) atoms. The first-order chi connectivity index (χ1) is 9.13. The third kappa shape index (κ3) is 2.90. The summed E-state index contributed by atoms with van der Waals surface area (Å²) in [7, 11) is 1.76. The predicted octanol–water partition coefficient (Wildman–Crippen LogP) is 2.40. The number of aromatic nitrogens is 2. The smallest absolute Gasteiger partial charge is 0.223 e. The van der Waals surface area contributed by atoms with Crippen LogP contribution in [0, 0.1) is 5.82 Å². The summed E-state index contributed by atoms with van der Waals surface area (Å²) in [5.74, 6) is 1.24. The Morgan fingerprint density at radius 3 is 2.53 bits per heavy atom. The molecule has 0 bridgehead atoms. The summed E-state index contributed by atoms with van der Waals surface area (Å²) >= 11 is 0. The molecule has 0 saturated heterocycles. The number of benzene rings is 1. The first kappa shape index (κ1) is 13.1. The lowest BCUT2D eigenvalue weighted by atomic mass is 10.2. The molecule has 0 aliphatic heterocycles. The quantitative estimate of drug-likeness (QED) is 0.884. The van der Waals surface area contributed by atoms with Crippen molar-refractivity contribution < 1.29 is 4.39 Å². The fourth-order valence-electron chi connectivity index (χ4n) is 1.82. The highest BCUT2D eigenvalue weighted by Gasteiger charge is 2.11. The average Bonchev–Trinajstić information content (AvgIpc) is 2.41. The van der Waals surface area contributed by atoms with Crippen LogP contribution in [0.4, 0.5) is 27.7 Å². The van der Waals surface area contributed by atoms with E-state index in [1.807, 2.05) is 11.8 Å². The Balaban J connectivity index is 2.41. The van der Waals surface area contributed by atoms with Gasteiger partial charge in [0.1, 0.15) is 17.5 Å². The zero-order chi connectivity index (χ0) is 13.8. The molecule has 100 valence electrons. The molecule has 0 fully saturated rings. The molecule has 0 saturated carbocycles. The molecule has 0 amide bonds. The number of halogens is 1. The summed E-state index contributed by atoms with van der Waals surface area (Å²) < 4.78 is 13.0. The van der Waals surface area contributed by atoms with Crippen LogP contribution in [0.1, 0.15) is 6.92 Å². The molecular weight excluding hydrogens is 245 g/mol. The minimum absolute atomic E-state index is 0.197. The van der Waals surface area contributed by atoms with Crippen LogP contribution >= 0.6 is 0 Å². The van der Waals surface area contributed by atoms with Crippen LogP contribution in [0.2, 0.25) is 0 Å². The van der Waals surface area contributed by atoms with Gasteiger partial charge in [-0.25, -0.2) is 4.39 Å². The van der Waals surface area contributed by atoms with Crippen LogP contribution in [0.5, 0.6) is 0 Å². The van der Waals surface area contributed by atoms with Crippen molar-refractivity contribution in [1.29, 1.82) is 0 Å². The lowest BCUT2D eigenvalue weighted by Gasteiger charge is -2.22. The van der Waals surface area contributed by atoms with Crippen molar-refractivity contribution in [3.63, 3.8) is 0 Å². The van der Waals surface area contributed by atoms with Gasteiger partial charge >= 0.3 is 0 Å². The first-order valence-electron chi connectivity index (χ1n) is 5.99. The van der Waals surface area contributed by atoms with E-state index in [9.17, 15) is 4.39 Å². The number of anilines is 4. The standard InChI is InChI=1S/C13H16FN5/c1-3-19(10-6-4-9(14)5-7-10)12-8-11(16-2)17-13(15)18-12/h4-8H,3H2,1-2H3,(H3,15,16,17,18). The van der Waals surface area contributed by atoms with E-state index in [1.54, 1.807) is 25.2 Å². The second-order valence-electron chi connectivity index (χ2n) is 3.94. The van der Waals surface area contributed by atoms with E-state index in [0.717, 1.165) is 5.69 Å². The molecule has 1 heterocycles. The van der Waals surface area contributed by atoms with Crippen molar-refractivity contribution in [1.82, 2.24) is 9.97 Å². The maximum absolute atomic E-state index is 13.0. The van der Waals surface area contributed by atoms with Gasteiger partial charge in [-0.3, -0.25) is 0 Å². The largest absolute Gasteiger partial charge is 0.373 e. The molecule has 2 aromatic rings. The van der Waals surface area contributed by atoms with Gasteiger partial charge in [0.25, 0.3) is 0 Å². The van der Waals surface area contributed by atoms with Crippen LogP contribution in [-0.4, -0.2) is 23.6 Å². The summed E-state index contributed by atoms with van der Waals surface area (Å²) in [6.07, 6.45) is 0. The van der Waals surface area contributed by atoms with Gasteiger partial charge in [-0.1, -0.05) is 0 Å². The molecule has 3 N–H and O–H groups in total. The molecule has 0 aliphatic carbocycles. The van der Waals surface area contributed by atoms with E-state index < -0.39 is 0 Å². The predicted molar refractivity (Wildman–Crippen MR) is 75.1 cm³/mol. The van der Waals surface area contributed by atoms with Crippen LogP contribution in [0.15, 0.2) is 30.3 Å². The molecule has 5 nitrogen and oxygen atoms in total. The van der Waals surface area contributed by atoms with Gasteiger partial charge in [-0.05, 0) is 31.2 Å². The van der Waals surface area contributed by atoms with E-state index >= 15 is 0 Å². The summed E-state index contributed by atoms with van der Waals surface area (Å²) in [4.78, 5) is 10.2. The lowest BCUT2D eigenvalue weighted by Crippen LogP contribution is -2.18. The zero-order valence-electron chi connectivity index (χ0n) is 10.9. The van der Waals surface area contributed by atoms with Crippen molar-refractivity contribution in [2.75, 3.05) is 29.5 Å². The van der Waals surface area contributed by atoms with E-state index in [1.165, 1.54) is 12.1 Å². The number of hydrogen-bond acceptors (Lipinski definition) is 5. The molecule has 0 radical (unpaired) electrons. The highest BCUT2D eigenvalue weighted by atomic mass is 19.1. The van der Waals surface area contributed by atoms with E-state index in [2.05, 4.69) is 15.3 Å². The van der Waals surface area contributed by atoms with Crippen molar-refractivity contribution in [3.05, 3.63) is 36.1 Å². The third-order valence-corrected chi connectivity index (χ3v) is 2.72.